The van der Waals surface area contributed by atoms with Gasteiger partial charge in [-0.1, -0.05) is 12.1 Å². The first-order valence-corrected chi connectivity index (χ1v) is 7.33. The van der Waals surface area contributed by atoms with Gasteiger partial charge >= 0.3 is 6.18 Å². The van der Waals surface area contributed by atoms with Gasteiger partial charge < -0.3 is 5.32 Å². The molecule has 0 unspecified atom stereocenters. The van der Waals surface area contributed by atoms with Crippen LogP contribution in [-0.2, 0) is 12.7 Å². The molecule has 0 aliphatic heterocycles. The van der Waals surface area contributed by atoms with Crippen molar-refractivity contribution in [3.8, 4) is 5.69 Å². The first-order chi connectivity index (χ1) is 11.9. The zero-order valence-electron chi connectivity index (χ0n) is 12.9. The third kappa shape index (κ3) is 4.03. The molecule has 1 amide bonds. The van der Waals surface area contributed by atoms with E-state index < -0.39 is 11.7 Å². The number of aromatic nitrogens is 3. The average molecular weight is 346 g/mol. The Bertz CT molecular complexity index is 858. The van der Waals surface area contributed by atoms with Gasteiger partial charge in [-0.25, -0.2) is 9.67 Å². The highest BCUT2D eigenvalue weighted by molar-refractivity contribution is 5.94. The number of nitrogens with one attached hydrogen (secondary N) is 1. The van der Waals surface area contributed by atoms with Crippen LogP contribution in [0.4, 0.5) is 13.2 Å². The van der Waals surface area contributed by atoms with Crippen molar-refractivity contribution < 1.29 is 18.0 Å². The first kappa shape index (κ1) is 16.7. The fourth-order valence-electron chi connectivity index (χ4n) is 2.25. The van der Waals surface area contributed by atoms with Crippen molar-refractivity contribution in [2.75, 3.05) is 0 Å². The maximum Gasteiger partial charge on any atom is 0.416 e. The molecule has 2 aromatic carbocycles. The number of carbonyl (C=O) groups is 1. The Kier molecular flexibility index (Phi) is 4.51. The SMILES string of the molecule is O=C(NCc1cccc(C(F)(F)F)c1)c1ccc(-n2cncn2)cc1. The van der Waals surface area contributed by atoms with Gasteiger partial charge in [0, 0.05) is 12.1 Å². The summed E-state index contributed by atoms with van der Waals surface area (Å²) in [5.74, 6) is -0.373. The van der Waals surface area contributed by atoms with Crippen LogP contribution < -0.4 is 5.32 Å². The number of benzene rings is 2. The van der Waals surface area contributed by atoms with E-state index in [0.29, 0.717) is 11.1 Å². The van der Waals surface area contributed by atoms with Crippen LogP contribution >= 0.6 is 0 Å². The maximum atomic E-state index is 12.7. The highest BCUT2D eigenvalue weighted by Crippen LogP contribution is 2.29. The second-order valence-electron chi connectivity index (χ2n) is 5.27. The van der Waals surface area contributed by atoms with Gasteiger partial charge in [0.25, 0.3) is 5.91 Å². The number of carbonyl (C=O) groups excluding carboxylic acids is 1. The average Bonchev–Trinajstić information content (AvgIpc) is 3.14. The van der Waals surface area contributed by atoms with Crippen LogP contribution in [0.2, 0.25) is 0 Å². The molecule has 0 bridgehead atoms. The van der Waals surface area contributed by atoms with Crippen LogP contribution in [-0.4, -0.2) is 20.7 Å². The Morgan fingerprint density at radius 3 is 2.52 bits per heavy atom. The van der Waals surface area contributed by atoms with E-state index in [2.05, 4.69) is 15.4 Å². The third-order valence-electron chi connectivity index (χ3n) is 3.52. The molecule has 25 heavy (non-hydrogen) atoms. The van der Waals surface area contributed by atoms with Gasteiger partial charge in [-0.05, 0) is 42.0 Å². The van der Waals surface area contributed by atoms with E-state index in [4.69, 9.17) is 0 Å². The summed E-state index contributed by atoms with van der Waals surface area (Å²) in [7, 11) is 0. The summed E-state index contributed by atoms with van der Waals surface area (Å²) in [6.07, 6.45) is -1.48. The third-order valence-corrected chi connectivity index (χ3v) is 3.52. The van der Waals surface area contributed by atoms with Gasteiger partial charge in [0.05, 0.1) is 11.3 Å². The number of alkyl halides is 3. The standard InChI is InChI=1S/C17H13F3N4O/c18-17(19,20)14-3-1-2-12(8-14)9-22-16(25)13-4-6-15(7-5-13)24-11-21-10-23-24/h1-8,10-11H,9H2,(H,22,25). The predicted molar refractivity (Wildman–Crippen MR) is 84.0 cm³/mol. The minimum atomic E-state index is -4.41. The van der Waals surface area contributed by atoms with Crippen molar-refractivity contribution in [2.45, 2.75) is 12.7 Å². The fraction of sp³-hybridized carbons (Fsp3) is 0.118. The van der Waals surface area contributed by atoms with E-state index in [-0.39, 0.29) is 12.5 Å². The Hall–Kier alpha value is -3.16. The van der Waals surface area contributed by atoms with Crippen molar-refractivity contribution in [3.63, 3.8) is 0 Å². The van der Waals surface area contributed by atoms with Crippen molar-refractivity contribution in [2.24, 2.45) is 0 Å². The quantitative estimate of drug-likeness (QED) is 0.789. The molecule has 0 saturated carbocycles. The zero-order chi connectivity index (χ0) is 17.9. The molecule has 1 heterocycles. The van der Waals surface area contributed by atoms with Gasteiger partial charge in [-0.3, -0.25) is 4.79 Å². The molecule has 0 aliphatic carbocycles. The number of amides is 1. The van der Waals surface area contributed by atoms with Crippen molar-refractivity contribution in [1.82, 2.24) is 20.1 Å². The minimum absolute atomic E-state index is 0.00752. The molecule has 128 valence electrons. The molecule has 0 atom stereocenters. The van der Waals surface area contributed by atoms with Gasteiger partial charge in [0.15, 0.2) is 0 Å². The Morgan fingerprint density at radius 2 is 1.88 bits per heavy atom. The summed E-state index contributed by atoms with van der Waals surface area (Å²) in [6, 6.07) is 11.5. The lowest BCUT2D eigenvalue weighted by atomic mass is 10.1. The lowest BCUT2D eigenvalue weighted by Gasteiger charge is -2.10. The van der Waals surface area contributed by atoms with Crippen LogP contribution in [0, 0.1) is 0 Å². The Balaban J connectivity index is 1.65. The summed E-state index contributed by atoms with van der Waals surface area (Å²) < 4.78 is 39.6. The highest BCUT2D eigenvalue weighted by Gasteiger charge is 2.30. The molecule has 3 rings (SSSR count). The first-order valence-electron chi connectivity index (χ1n) is 7.33. The molecule has 1 N–H and O–H groups in total. The van der Waals surface area contributed by atoms with E-state index in [1.165, 1.54) is 24.8 Å². The van der Waals surface area contributed by atoms with Crippen LogP contribution in [0.1, 0.15) is 21.5 Å². The Labute approximate surface area is 141 Å². The molecule has 0 fully saturated rings. The second kappa shape index (κ2) is 6.76. The lowest BCUT2D eigenvalue weighted by Crippen LogP contribution is -2.23. The molecular weight excluding hydrogens is 333 g/mol. The number of hydrogen-bond acceptors (Lipinski definition) is 3. The summed E-state index contributed by atoms with van der Waals surface area (Å²) in [6.45, 7) is 0.00752. The van der Waals surface area contributed by atoms with Crippen LogP contribution in [0.3, 0.4) is 0 Å². The van der Waals surface area contributed by atoms with Gasteiger partial charge in [0.2, 0.25) is 0 Å². The normalized spacial score (nSPS) is 11.3. The topological polar surface area (TPSA) is 59.8 Å². The second-order valence-corrected chi connectivity index (χ2v) is 5.27. The largest absolute Gasteiger partial charge is 0.416 e. The number of rotatable bonds is 4. The minimum Gasteiger partial charge on any atom is -0.348 e. The van der Waals surface area contributed by atoms with Crippen molar-refractivity contribution >= 4 is 5.91 Å². The summed E-state index contributed by atoms with van der Waals surface area (Å²) in [5.41, 5.74) is 0.779. The van der Waals surface area contributed by atoms with Crippen molar-refractivity contribution in [3.05, 3.63) is 77.9 Å². The molecule has 0 spiro atoms. The molecule has 1 aromatic heterocycles. The monoisotopic (exact) mass is 346 g/mol. The van der Waals surface area contributed by atoms with E-state index in [0.717, 1.165) is 17.8 Å². The lowest BCUT2D eigenvalue weighted by molar-refractivity contribution is -0.137. The summed E-state index contributed by atoms with van der Waals surface area (Å²) in [5, 5.41) is 6.59. The zero-order valence-corrected chi connectivity index (χ0v) is 12.9. The maximum absolute atomic E-state index is 12.7. The van der Waals surface area contributed by atoms with E-state index in [1.54, 1.807) is 28.9 Å². The van der Waals surface area contributed by atoms with E-state index in [9.17, 15) is 18.0 Å². The van der Waals surface area contributed by atoms with Gasteiger partial charge in [-0.15, -0.1) is 0 Å². The Morgan fingerprint density at radius 1 is 1.12 bits per heavy atom. The fourth-order valence-corrected chi connectivity index (χ4v) is 2.25. The van der Waals surface area contributed by atoms with Crippen LogP contribution in [0.5, 0.6) is 0 Å². The molecule has 0 saturated heterocycles. The molecule has 0 radical (unpaired) electrons. The molecule has 0 aliphatic rings. The number of halogens is 3. The smallest absolute Gasteiger partial charge is 0.348 e. The molecule has 3 aromatic rings. The molecule has 5 nitrogen and oxygen atoms in total. The van der Waals surface area contributed by atoms with Gasteiger partial charge in [0.1, 0.15) is 12.7 Å². The number of nitrogens with zero attached hydrogens (tertiary/aromatic N) is 3. The highest BCUT2D eigenvalue weighted by atomic mass is 19.4. The van der Waals surface area contributed by atoms with Crippen LogP contribution in [0.15, 0.2) is 61.2 Å². The number of hydrogen-bond donors (Lipinski definition) is 1. The molecule has 8 heteroatoms. The van der Waals surface area contributed by atoms with Crippen molar-refractivity contribution in [1.29, 1.82) is 0 Å². The van der Waals surface area contributed by atoms with Gasteiger partial charge in [-0.2, -0.15) is 18.3 Å². The predicted octanol–water partition coefficient (Wildman–Crippen LogP) is 3.22. The summed E-state index contributed by atoms with van der Waals surface area (Å²) in [4.78, 5) is 16.0. The molecular formula is C17H13F3N4O. The van der Waals surface area contributed by atoms with E-state index in [1.807, 2.05) is 0 Å². The van der Waals surface area contributed by atoms with E-state index >= 15 is 0 Å². The van der Waals surface area contributed by atoms with Crippen LogP contribution in [0.25, 0.3) is 5.69 Å². The summed E-state index contributed by atoms with van der Waals surface area (Å²) >= 11 is 0.